The lowest BCUT2D eigenvalue weighted by Gasteiger charge is -2.04. The molecule has 0 aliphatic heterocycles. The Bertz CT molecular complexity index is 375. The van der Waals surface area contributed by atoms with Crippen LogP contribution in [0.4, 0.5) is 8.78 Å². The van der Waals surface area contributed by atoms with Crippen molar-refractivity contribution in [2.45, 2.75) is 6.43 Å². The van der Waals surface area contributed by atoms with Gasteiger partial charge in [0, 0.05) is 0 Å². The molecule has 0 aliphatic rings. The van der Waals surface area contributed by atoms with Crippen LogP contribution in [0.1, 0.15) is 17.7 Å². The molecule has 0 amide bonds. The summed E-state index contributed by atoms with van der Waals surface area (Å²) in [5.41, 5.74) is -0.873. The van der Waals surface area contributed by atoms with Gasteiger partial charge in [0.15, 0.2) is 5.69 Å². The summed E-state index contributed by atoms with van der Waals surface area (Å²) in [4.78, 5) is 3.56. The van der Waals surface area contributed by atoms with Crippen LogP contribution < -0.4 is 0 Å². The van der Waals surface area contributed by atoms with Gasteiger partial charge in [0.2, 0.25) is 0 Å². The summed E-state index contributed by atoms with van der Waals surface area (Å²) in [7, 11) is 0. The van der Waals surface area contributed by atoms with Gasteiger partial charge in [-0.25, -0.2) is 13.8 Å². The fourth-order valence-electron chi connectivity index (χ4n) is 0.788. The predicted molar refractivity (Wildman–Crippen MR) is 46.6 cm³/mol. The first-order valence-corrected chi connectivity index (χ1v) is 4.27. The molecule has 0 aromatic carbocycles. The number of alkyl halides is 2. The lowest BCUT2D eigenvalue weighted by Crippen LogP contribution is -1.96. The first-order valence-electron chi connectivity index (χ1n) is 3.10. The van der Waals surface area contributed by atoms with Crippen LogP contribution in [-0.4, -0.2) is 4.98 Å². The number of rotatable bonds is 1. The smallest absolute Gasteiger partial charge is 0.230 e. The van der Waals surface area contributed by atoms with E-state index in [1.165, 1.54) is 6.07 Å². The van der Waals surface area contributed by atoms with Crippen molar-refractivity contribution in [3.8, 4) is 6.07 Å². The van der Waals surface area contributed by atoms with E-state index in [1.807, 2.05) is 0 Å². The molecule has 0 saturated carbocycles. The van der Waals surface area contributed by atoms with Crippen LogP contribution >= 0.6 is 27.5 Å². The van der Waals surface area contributed by atoms with Crippen molar-refractivity contribution in [2.24, 2.45) is 0 Å². The zero-order chi connectivity index (χ0) is 10.0. The molecule has 0 aliphatic carbocycles. The molecule has 1 aromatic heterocycles. The highest BCUT2D eigenvalue weighted by molar-refractivity contribution is 9.10. The number of pyridine rings is 1. The van der Waals surface area contributed by atoms with Gasteiger partial charge in [-0.1, -0.05) is 11.6 Å². The van der Waals surface area contributed by atoms with Gasteiger partial charge in [-0.3, -0.25) is 0 Å². The first kappa shape index (κ1) is 10.4. The average Bonchev–Trinajstić information content (AvgIpc) is 2.01. The van der Waals surface area contributed by atoms with Gasteiger partial charge in [0.05, 0.1) is 10.6 Å². The van der Waals surface area contributed by atoms with E-state index < -0.39 is 12.0 Å². The molecule has 0 fully saturated rings. The van der Waals surface area contributed by atoms with E-state index in [0.717, 1.165) is 0 Å². The van der Waals surface area contributed by atoms with E-state index >= 15 is 0 Å². The van der Waals surface area contributed by atoms with Crippen molar-refractivity contribution >= 4 is 27.5 Å². The van der Waals surface area contributed by atoms with Crippen LogP contribution in [0, 0.1) is 11.3 Å². The molecule has 68 valence electrons. The highest BCUT2D eigenvalue weighted by Gasteiger charge is 2.19. The maximum Gasteiger partial charge on any atom is 0.268 e. The summed E-state index contributed by atoms with van der Waals surface area (Å²) in [6.07, 6.45) is -2.79. The second-order valence-electron chi connectivity index (χ2n) is 2.10. The zero-order valence-corrected chi connectivity index (χ0v) is 8.40. The molecule has 0 N–H and O–H groups in total. The molecular formula is C7H2BrClF2N2. The Kier molecular flexibility index (Phi) is 3.17. The van der Waals surface area contributed by atoms with Gasteiger partial charge < -0.3 is 0 Å². The maximum atomic E-state index is 12.3. The molecule has 0 spiro atoms. The molecule has 0 saturated heterocycles. The predicted octanol–water partition coefficient (Wildman–Crippen LogP) is 3.31. The minimum Gasteiger partial charge on any atom is -0.230 e. The van der Waals surface area contributed by atoms with E-state index in [4.69, 9.17) is 16.9 Å². The molecule has 0 bridgehead atoms. The fourth-order valence-corrected chi connectivity index (χ4v) is 1.60. The Labute approximate surface area is 86.3 Å². The summed E-state index contributed by atoms with van der Waals surface area (Å²) in [6, 6.07) is 2.78. The van der Waals surface area contributed by atoms with Gasteiger partial charge in [0.1, 0.15) is 10.7 Å². The van der Waals surface area contributed by atoms with Crippen LogP contribution in [0.2, 0.25) is 5.02 Å². The van der Waals surface area contributed by atoms with Gasteiger partial charge in [-0.2, -0.15) is 5.26 Å². The highest BCUT2D eigenvalue weighted by Crippen LogP contribution is 2.30. The third-order valence-corrected chi connectivity index (χ3v) is 2.02. The molecule has 0 unspecified atom stereocenters. The highest BCUT2D eigenvalue weighted by atomic mass is 79.9. The number of hydrogen-bond donors (Lipinski definition) is 0. The zero-order valence-electron chi connectivity index (χ0n) is 6.06. The summed E-state index contributed by atoms with van der Waals surface area (Å²) in [5, 5.41) is 8.33. The second-order valence-corrected chi connectivity index (χ2v) is 3.32. The fraction of sp³-hybridized carbons (Fsp3) is 0.143. The molecule has 1 aromatic rings. The summed E-state index contributed by atoms with van der Waals surface area (Å²) in [5.74, 6) is 0. The maximum absolute atomic E-state index is 12.3. The Hall–Kier alpha value is -0.730. The van der Waals surface area contributed by atoms with E-state index in [0.29, 0.717) is 0 Å². The van der Waals surface area contributed by atoms with E-state index in [9.17, 15) is 8.78 Å². The number of aromatic nitrogens is 1. The lowest BCUT2D eigenvalue weighted by atomic mass is 10.2. The quantitative estimate of drug-likeness (QED) is 0.732. The Balaban J connectivity index is 3.41. The van der Waals surface area contributed by atoms with Gasteiger partial charge in [-0.15, -0.1) is 0 Å². The normalized spacial score (nSPS) is 10.2. The molecule has 6 heteroatoms. The molecule has 0 atom stereocenters. The number of hydrogen-bond acceptors (Lipinski definition) is 2. The number of nitrogens with zero attached hydrogens (tertiary/aromatic N) is 2. The minimum absolute atomic E-state index is 0.159. The van der Waals surface area contributed by atoms with E-state index in [1.54, 1.807) is 6.07 Å². The van der Waals surface area contributed by atoms with Crippen LogP contribution in [0.5, 0.6) is 0 Å². The van der Waals surface area contributed by atoms with Crippen LogP contribution in [0.25, 0.3) is 0 Å². The lowest BCUT2D eigenvalue weighted by molar-refractivity contribution is 0.150. The minimum atomic E-state index is -2.79. The van der Waals surface area contributed by atoms with E-state index in [2.05, 4.69) is 20.9 Å². The van der Waals surface area contributed by atoms with Crippen molar-refractivity contribution in [1.82, 2.24) is 4.98 Å². The monoisotopic (exact) mass is 266 g/mol. The molecule has 2 nitrogen and oxygen atoms in total. The van der Waals surface area contributed by atoms with Crippen molar-refractivity contribution in [2.75, 3.05) is 0 Å². The molecule has 1 heterocycles. The van der Waals surface area contributed by atoms with Crippen molar-refractivity contribution < 1.29 is 8.78 Å². The van der Waals surface area contributed by atoms with Crippen molar-refractivity contribution in [1.29, 1.82) is 5.26 Å². The Morgan fingerprint density at radius 3 is 2.69 bits per heavy atom. The van der Waals surface area contributed by atoms with Gasteiger partial charge in [0.25, 0.3) is 6.43 Å². The average molecular weight is 267 g/mol. The van der Waals surface area contributed by atoms with Crippen LogP contribution in [-0.2, 0) is 0 Å². The Morgan fingerprint density at radius 1 is 1.62 bits per heavy atom. The molecule has 0 radical (unpaired) electrons. The standard InChI is InChI=1S/C7H2BrClF2N2/c8-5-1-3(9)6(7(10)11)4(2-12)13-5/h1,7H. The number of nitriles is 1. The molecular weight excluding hydrogens is 265 g/mol. The summed E-state index contributed by atoms with van der Waals surface area (Å²) >= 11 is 8.45. The Morgan fingerprint density at radius 2 is 2.23 bits per heavy atom. The largest absolute Gasteiger partial charge is 0.268 e. The SMILES string of the molecule is N#Cc1nc(Br)cc(Cl)c1C(F)F. The van der Waals surface area contributed by atoms with E-state index in [-0.39, 0.29) is 15.3 Å². The molecule has 1 rings (SSSR count). The van der Waals surface area contributed by atoms with Gasteiger partial charge >= 0.3 is 0 Å². The summed E-state index contributed by atoms with van der Waals surface area (Å²) in [6.45, 7) is 0. The van der Waals surface area contributed by atoms with Crippen molar-refractivity contribution in [3.63, 3.8) is 0 Å². The van der Waals surface area contributed by atoms with Gasteiger partial charge in [-0.05, 0) is 22.0 Å². The first-order chi connectivity index (χ1) is 6.06. The third kappa shape index (κ3) is 2.14. The molecule has 13 heavy (non-hydrogen) atoms. The van der Waals surface area contributed by atoms with Crippen molar-refractivity contribution in [3.05, 3.63) is 26.9 Å². The second kappa shape index (κ2) is 3.99. The number of halogens is 4. The summed E-state index contributed by atoms with van der Waals surface area (Å²) < 4.78 is 24.9. The third-order valence-electron chi connectivity index (χ3n) is 1.30. The topological polar surface area (TPSA) is 36.7 Å². The van der Waals surface area contributed by atoms with Crippen LogP contribution in [0.3, 0.4) is 0 Å². The van der Waals surface area contributed by atoms with Crippen LogP contribution in [0.15, 0.2) is 10.7 Å².